The van der Waals surface area contributed by atoms with Crippen LogP contribution in [-0.2, 0) is 6.42 Å². The predicted octanol–water partition coefficient (Wildman–Crippen LogP) is 1.20. The third kappa shape index (κ3) is 4.80. The summed E-state index contributed by atoms with van der Waals surface area (Å²) in [5, 5.41) is 0. The molecule has 16 heavy (non-hydrogen) atoms. The van der Waals surface area contributed by atoms with Crippen molar-refractivity contribution in [1.82, 2.24) is 0 Å². The van der Waals surface area contributed by atoms with Gasteiger partial charge in [-0.2, -0.15) is 0 Å². The first-order valence-corrected chi connectivity index (χ1v) is 7.04. The van der Waals surface area contributed by atoms with Crippen LogP contribution in [0.2, 0.25) is 6.04 Å². The van der Waals surface area contributed by atoms with Crippen LogP contribution in [0.3, 0.4) is 0 Å². The SMILES string of the molecule is O[Si](O)(O)CCCCc1ccc(F)c(F)c1. The van der Waals surface area contributed by atoms with Gasteiger partial charge in [-0.25, -0.2) is 8.78 Å². The molecule has 6 heteroatoms. The van der Waals surface area contributed by atoms with Crippen molar-refractivity contribution in [2.24, 2.45) is 0 Å². The summed E-state index contributed by atoms with van der Waals surface area (Å²) in [5.74, 6) is -1.76. The van der Waals surface area contributed by atoms with Gasteiger partial charge in [0, 0.05) is 6.04 Å². The number of halogens is 2. The van der Waals surface area contributed by atoms with E-state index in [9.17, 15) is 8.78 Å². The van der Waals surface area contributed by atoms with Crippen molar-refractivity contribution in [2.75, 3.05) is 0 Å². The second-order valence-corrected chi connectivity index (χ2v) is 5.78. The Hall–Kier alpha value is -0.823. The molecule has 0 spiro atoms. The molecular weight excluding hydrogens is 234 g/mol. The lowest BCUT2D eigenvalue weighted by atomic mass is 10.1. The van der Waals surface area contributed by atoms with Crippen molar-refractivity contribution >= 4 is 8.80 Å². The average Bonchev–Trinajstić information content (AvgIpc) is 2.17. The second kappa shape index (κ2) is 5.49. The van der Waals surface area contributed by atoms with E-state index in [2.05, 4.69) is 0 Å². The molecule has 0 bridgehead atoms. The molecule has 0 unspecified atom stereocenters. The molecule has 3 N–H and O–H groups in total. The van der Waals surface area contributed by atoms with Gasteiger partial charge in [0.15, 0.2) is 11.6 Å². The number of unbranched alkanes of at least 4 members (excludes halogenated alkanes) is 1. The van der Waals surface area contributed by atoms with E-state index in [1.54, 1.807) is 0 Å². The Morgan fingerprint density at radius 3 is 2.25 bits per heavy atom. The van der Waals surface area contributed by atoms with Gasteiger partial charge in [-0.15, -0.1) is 0 Å². The standard InChI is InChI=1S/C10H14F2O3Si/c11-9-5-4-8(7-10(9)12)3-1-2-6-16(13,14)15/h4-5,7,13-15H,1-3,6H2. The topological polar surface area (TPSA) is 60.7 Å². The first-order valence-electron chi connectivity index (χ1n) is 4.99. The Morgan fingerprint density at radius 1 is 1.00 bits per heavy atom. The number of hydrogen-bond donors (Lipinski definition) is 3. The molecule has 1 rings (SSSR count). The molecule has 0 saturated heterocycles. The smallest absolute Gasteiger partial charge is 0.390 e. The number of hydrogen-bond acceptors (Lipinski definition) is 3. The summed E-state index contributed by atoms with van der Waals surface area (Å²) in [6.07, 6.45) is 1.54. The minimum Gasteiger partial charge on any atom is -0.390 e. The van der Waals surface area contributed by atoms with E-state index in [-0.39, 0.29) is 6.04 Å². The Bertz CT molecular complexity index is 352. The van der Waals surface area contributed by atoms with Crippen molar-refractivity contribution in [2.45, 2.75) is 25.3 Å². The zero-order valence-electron chi connectivity index (χ0n) is 8.66. The summed E-state index contributed by atoms with van der Waals surface area (Å²) in [5.41, 5.74) is 0.653. The van der Waals surface area contributed by atoms with Gasteiger partial charge in [-0.1, -0.05) is 6.07 Å². The Balaban J connectivity index is 2.35. The summed E-state index contributed by atoms with van der Waals surface area (Å²) in [7, 11) is -3.95. The highest BCUT2D eigenvalue weighted by molar-refractivity contribution is 6.56. The predicted molar refractivity (Wildman–Crippen MR) is 56.5 cm³/mol. The molecule has 0 saturated carbocycles. The van der Waals surface area contributed by atoms with Gasteiger partial charge >= 0.3 is 8.80 Å². The molecule has 1 aromatic carbocycles. The maximum atomic E-state index is 12.8. The molecular formula is C10H14F2O3Si. The molecule has 1 aromatic rings. The van der Waals surface area contributed by atoms with Crippen LogP contribution in [-0.4, -0.2) is 23.2 Å². The molecule has 0 amide bonds. The zero-order valence-corrected chi connectivity index (χ0v) is 9.66. The molecule has 0 heterocycles. The Labute approximate surface area is 93.4 Å². The highest BCUT2D eigenvalue weighted by Crippen LogP contribution is 2.13. The van der Waals surface area contributed by atoms with Gasteiger partial charge in [-0.05, 0) is 37.0 Å². The summed E-state index contributed by atoms with van der Waals surface area (Å²) in [6, 6.07) is 3.64. The van der Waals surface area contributed by atoms with E-state index in [1.807, 2.05) is 0 Å². The fourth-order valence-electron chi connectivity index (χ4n) is 1.39. The molecule has 90 valence electrons. The van der Waals surface area contributed by atoms with Crippen molar-refractivity contribution in [3.8, 4) is 0 Å². The summed E-state index contributed by atoms with van der Waals surface area (Å²) < 4.78 is 25.4. The van der Waals surface area contributed by atoms with E-state index in [4.69, 9.17) is 14.4 Å². The van der Waals surface area contributed by atoms with Crippen LogP contribution in [0.5, 0.6) is 0 Å². The lowest BCUT2D eigenvalue weighted by molar-refractivity contribution is 0.226. The van der Waals surface area contributed by atoms with E-state index in [0.717, 1.165) is 12.1 Å². The highest BCUT2D eigenvalue weighted by atomic mass is 28.4. The van der Waals surface area contributed by atoms with Gasteiger partial charge in [0.05, 0.1) is 0 Å². The van der Waals surface area contributed by atoms with E-state index in [0.29, 0.717) is 24.8 Å². The van der Waals surface area contributed by atoms with E-state index in [1.165, 1.54) is 6.07 Å². The summed E-state index contributed by atoms with van der Waals surface area (Å²) in [4.78, 5) is 26.2. The fraction of sp³-hybridized carbons (Fsp3) is 0.400. The summed E-state index contributed by atoms with van der Waals surface area (Å²) >= 11 is 0. The van der Waals surface area contributed by atoms with E-state index >= 15 is 0 Å². The van der Waals surface area contributed by atoms with Crippen LogP contribution in [0.15, 0.2) is 18.2 Å². The number of aryl methyl sites for hydroxylation is 1. The molecule has 0 aliphatic rings. The van der Waals surface area contributed by atoms with Gasteiger partial charge < -0.3 is 14.4 Å². The lowest BCUT2D eigenvalue weighted by Gasteiger charge is -2.08. The average molecular weight is 248 g/mol. The third-order valence-electron chi connectivity index (χ3n) is 2.21. The van der Waals surface area contributed by atoms with Crippen LogP contribution in [0.4, 0.5) is 8.78 Å². The van der Waals surface area contributed by atoms with Gasteiger partial charge in [-0.3, -0.25) is 0 Å². The molecule has 0 aliphatic carbocycles. The molecule has 0 fully saturated rings. The number of benzene rings is 1. The maximum absolute atomic E-state index is 12.8. The highest BCUT2D eigenvalue weighted by Gasteiger charge is 2.25. The van der Waals surface area contributed by atoms with Gasteiger partial charge in [0.1, 0.15) is 0 Å². The van der Waals surface area contributed by atoms with Crippen LogP contribution >= 0.6 is 0 Å². The third-order valence-corrected chi connectivity index (χ3v) is 3.24. The molecule has 3 nitrogen and oxygen atoms in total. The first-order chi connectivity index (χ1) is 7.38. The maximum Gasteiger partial charge on any atom is 0.492 e. The van der Waals surface area contributed by atoms with Crippen LogP contribution < -0.4 is 0 Å². The Morgan fingerprint density at radius 2 is 1.69 bits per heavy atom. The quantitative estimate of drug-likeness (QED) is 0.542. The fourth-order valence-corrected chi connectivity index (χ4v) is 2.11. The lowest BCUT2D eigenvalue weighted by Crippen LogP contribution is -2.34. The first kappa shape index (κ1) is 13.2. The van der Waals surface area contributed by atoms with Crippen molar-refractivity contribution in [1.29, 1.82) is 0 Å². The zero-order chi connectivity index (χ0) is 12.2. The van der Waals surface area contributed by atoms with E-state index < -0.39 is 20.4 Å². The second-order valence-electron chi connectivity index (χ2n) is 3.73. The van der Waals surface area contributed by atoms with Crippen LogP contribution in [0, 0.1) is 11.6 Å². The number of rotatable bonds is 5. The van der Waals surface area contributed by atoms with Crippen molar-refractivity contribution < 1.29 is 23.2 Å². The normalized spacial score (nSPS) is 11.8. The Kier molecular flexibility index (Phi) is 4.54. The molecule has 0 atom stereocenters. The van der Waals surface area contributed by atoms with Crippen LogP contribution in [0.25, 0.3) is 0 Å². The minimum absolute atomic E-state index is 0.0311. The van der Waals surface area contributed by atoms with Gasteiger partial charge in [0.25, 0.3) is 0 Å². The minimum atomic E-state index is -3.95. The van der Waals surface area contributed by atoms with Gasteiger partial charge in [0.2, 0.25) is 0 Å². The van der Waals surface area contributed by atoms with Crippen LogP contribution in [0.1, 0.15) is 18.4 Å². The summed E-state index contributed by atoms with van der Waals surface area (Å²) in [6.45, 7) is 0. The molecule has 0 aromatic heterocycles. The largest absolute Gasteiger partial charge is 0.492 e. The van der Waals surface area contributed by atoms with Crippen molar-refractivity contribution in [3.63, 3.8) is 0 Å². The van der Waals surface area contributed by atoms with Crippen molar-refractivity contribution in [3.05, 3.63) is 35.4 Å². The molecule has 0 radical (unpaired) electrons. The molecule has 0 aliphatic heterocycles. The monoisotopic (exact) mass is 248 g/mol.